The first-order chi connectivity index (χ1) is 21.1. The molecule has 0 bridgehead atoms. The number of alkyl halides is 4. The molecule has 4 N–H and O–H groups in total. The average molecular weight is 855 g/mol. The molecule has 4 aromatic heterocycles. The molecule has 0 aromatic carbocycles. The first-order valence-electron chi connectivity index (χ1n) is 14.0. The van der Waals surface area contributed by atoms with Crippen LogP contribution in [0.2, 0.25) is 14.8 Å². The van der Waals surface area contributed by atoms with Crippen molar-refractivity contribution in [1.29, 1.82) is 0 Å². The van der Waals surface area contributed by atoms with Gasteiger partial charge in [0.2, 0.25) is 5.95 Å². The minimum atomic E-state index is -2.62. The molecule has 246 valence electrons. The monoisotopic (exact) mass is 856 g/mol. The van der Waals surface area contributed by atoms with Crippen molar-refractivity contribution in [3.05, 3.63) is 40.6 Å². The second-order valence-electron chi connectivity index (χ2n) is 11.2. The Kier molecular flexibility index (Phi) is 13.7. The number of hydrogen-bond acceptors (Lipinski definition) is 10. The van der Waals surface area contributed by atoms with Crippen LogP contribution < -0.4 is 14.3 Å². The fourth-order valence-corrected chi connectivity index (χ4v) is 8.64. The van der Waals surface area contributed by atoms with Crippen molar-refractivity contribution in [3.63, 3.8) is 0 Å². The molecule has 12 nitrogen and oxygen atoms in total. The van der Waals surface area contributed by atoms with Crippen LogP contribution in [0.5, 0.6) is 0 Å². The van der Waals surface area contributed by atoms with Gasteiger partial charge in [0.15, 0.2) is 0 Å². The number of anilines is 2. The second kappa shape index (κ2) is 16.8. The Morgan fingerprint density at radius 3 is 1.67 bits per heavy atom. The van der Waals surface area contributed by atoms with Crippen molar-refractivity contribution in [2.45, 2.75) is 66.8 Å². The molecule has 0 amide bonds. The Hall–Kier alpha value is -2.65. The van der Waals surface area contributed by atoms with Gasteiger partial charge in [0, 0.05) is 18.9 Å². The Morgan fingerprint density at radius 1 is 0.778 bits per heavy atom. The summed E-state index contributed by atoms with van der Waals surface area (Å²) in [5.41, 5.74) is 2.70. The molecular formula is C27H37F4IN10O2Sn. The topological polar surface area (TPSA) is 152 Å². The second-order valence-corrected chi connectivity index (χ2v) is 26.4. The van der Waals surface area contributed by atoms with E-state index in [0.717, 1.165) is 9.27 Å². The van der Waals surface area contributed by atoms with E-state index in [-0.39, 0.29) is 0 Å². The maximum Gasteiger partial charge on any atom is 0.257 e. The Morgan fingerprint density at radius 2 is 1.22 bits per heavy atom. The van der Waals surface area contributed by atoms with Crippen molar-refractivity contribution in [1.82, 2.24) is 39.5 Å². The van der Waals surface area contributed by atoms with Crippen LogP contribution in [0.25, 0.3) is 22.5 Å². The van der Waals surface area contributed by atoms with Crippen LogP contribution in [0.3, 0.4) is 0 Å². The molecule has 45 heavy (non-hydrogen) atoms. The number of halogens is 5. The molecular weight excluding hydrogens is 818 g/mol. The van der Waals surface area contributed by atoms with E-state index < -0.39 is 56.5 Å². The van der Waals surface area contributed by atoms with Gasteiger partial charge in [0.1, 0.15) is 10.2 Å². The van der Waals surface area contributed by atoms with Gasteiger partial charge in [-0.05, 0) is 35.6 Å². The number of hydrogen-bond donors (Lipinski definition) is 4. The van der Waals surface area contributed by atoms with Gasteiger partial charge >= 0.3 is 144 Å². The smallest absolute Gasteiger partial charge is 0.257 e. The third-order valence-electron chi connectivity index (χ3n) is 5.81. The van der Waals surface area contributed by atoms with Gasteiger partial charge in [-0.2, -0.15) is 5.10 Å². The largest absolute Gasteiger partial charge is 0.392 e. The molecule has 0 unspecified atom stereocenters. The molecule has 0 radical (unpaired) electrons. The van der Waals surface area contributed by atoms with Gasteiger partial charge in [-0.25, -0.2) is 18.7 Å². The molecule has 0 aliphatic rings. The molecule has 4 aromatic rings. The van der Waals surface area contributed by atoms with Gasteiger partial charge < -0.3 is 10.4 Å². The van der Waals surface area contributed by atoms with Crippen molar-refractivity contribution in [3.8, 4) is 22.5 Å². The fourth-order valence-electron chi connectivity index (χ4n) is 3.87. The average Bonchev–Trinajstić information content (AvgIpc) is 3.54. The summed E-state index contributed by atoms with van der Waals surface area (Å²) in [5, 5.41) is 32.9. The standard InChI is InChI=1S/C12H14F2IN5O.C12H14F2N5O.3CH3.Sn/c1-7(21)4-17-12-16-3-2-9(18-12)8-5-20(6-10(13)14)19-11(8)15;1-8(20)4-16-12-15-3-2-10(18-12)9-5-17-19(6-9)7-11(13)14;;;;/h2-3,5,7,10,21H,4,6H2,1H3,(H,16,17,18);2-3,6,8,11,20H,4,7H2,1H3,(H,15,16,18);3*1H3;/t7-;8-;;;;/m00..../s1. The normalized spacial score (nSPS) is 13.0. The zero-order chi connectivity index (χ0) is 33.3. The summed E-state index contributed by atoms with van der Waals surface area (Å²) in [6.45, 7) is 3.09. The molecule has 0 saturated heterocycles. The van der Waals surface area contributed by atoms with Crippen LogP contribution in [0.1, 0.15) is 13.8 Å². The molecule has 2 atom stereocenters. The maximum absolute atomic E-state index is 12.7. The summed E-state index contributed by atoms with van der Waals surface area (Å²) in [6.07, 6.45) is 0.404. The van der Waals surface area contributed by atoms with Crippen LogP contribution in [0, 0.1) is 3.70 Å². The molecule has 4 heterocycles. The number of aromatic nitrogens is 8. The first-order valence-corrected chi connectivity index (χ1v) is 25.1. The van der Waals surface area contributed by atoms with Crippen molar-refractivity contribution in [2.75, 3.05) is 23.7 Å². The summed E-state index contributed by atoms with van der Waals surface area (Å²) in [6, 6.07) is 3.43. The number of aliphatic hydroxyl groups is 2. The van der Waals surface area contributed by atoms with Gasteiger partial charge in [-0.3, -0.25) is 4.68 Å². The van der Waals surface area contributed by atoms with E-state index in [0.29, 0.717) is 45.6 Å². The van der Waals surface area contributed by atoms with E-state index in [1.807, 2.05) is 22.6 Å². The Balaban J connectivity index is 0.000000248. The van der Waals surface area contributed by atoms with Crippen LogP contribution >= 0.6 is 22.6 Å². The van der Waals surface area contributed by atoms with E-state index in [1.165, 1.54) is 15.6 Å². The van der Waals surface area contributed by atoms with Crippen LogP contribution in [-0.2, 0) is 13.1 Å². The molecule has 4 rings (SSSR count). The maximum atomic E-state index is 12.7. The number of nitrogens with one attached hydrogen (secondary N) is 2. The molecule has 0 aliphatic carbocycles. The summed E-state index contributed by atoms with van der Waals surface area (Å²) < 4.78 is 54.2. The van der Waals surface area contributed by atoms with Crippen LogP contribution in [0.15, 0.2) is 36.9 Å². The number of rotatable bonds is 13. The zero-order valence-corrected chi connectivity index (χ0v) is 30.5. The third-order valence-corrected chi connectivity index (χ3v) is 11.7. The van der Waals surface area contributed by atoms with Gasteiger partial charge in [-0.15, -0.1) is 0 Å². The molecule has 0 fully saturated rings. The minimum absolute atomic E-state index is 0.325. The SMILES string of the molecule is C[C@H](O)CNc1nccc(-c2cn(CC(F)F)n[c]2[Sn]([CH3])([CH3])[CH3])n1.C[C@H](O)CNc1nccc(-c2cn(CC(F)F)nc2I)n1. The predicted octanol–water partition coefficient (Wildman–Crippen LogP) is 3.95. The summed E-state index contributed by atoms with van der Waals surface area (Å²) in [4.78, 5) is 23.4. The Bertz CT molecular complexity index is 1510. The number of aliphatic hydroxyl groups excluding tert-OH is 2. The Labute approximate surface area is 276 Å². The summed E-state index contributed by atoms with van der Waals surface area (Å²) in [7, 11) is 0. The molecule has 18 heteroatoms. The number of nitrogens with zero attached hydrogens (tertiary/aromatic N) is 8. The van der Waals surface area contributed by atoms with Gasteiger partial charge in [-0.1, -0.05) is 0 Å². The summed E-state index contributed by atoms with van der Waals surface area (Å²) >= 11 is -0.645. The molecule has 0 aliphatic heterocycles. The van der Waals surface area contributed by atoms with E-state index >= 15 is 0 Å². The molecule has 0 saturated carbocycles. The van der Waals surface area contributed by atoms with Crippen molar-refractivity contribution < 1.29 is 27.8 Å². The van der Waals surface area contributed by atoms with Gasteiger partial charge in [0.05, 0.1) is 17.4 Å². The van der Waals surface area contributed by atoms with E-state index in [9.17, 15) is 27.8 Å². The van der Waals surface area contributed by atoms with Crippen molar-refractivity contribution >= 4 is 56.6 Å². The zero-order valence-electron chi connectivity index (χ0n) is 25.5. The van der Waals surface area contributed by atoms with Crippen LogP contribution in [0.4, 0.5) is 29.5 Å². The summed E-state index contributed by atoms with van der Waals surface area (Å²) in [5.74, 6) is 0.760. The first kappa shape index (κ1) is 36.8. The quantitative estimate of drug-likeness (QED) is 0.0885. The fraction of sp³-hybridized carbons (Fsp3) is 0.481. The molecule has 0 spiro atoms. The third kappa shape index (κ3) is 11.9. The predicted molar refractivity (Wildman–Crippen MR) is 175 cm³/mol. The van der Waals surface area contributed by atoms with E-state index in [2.05, 4.69) is 55.6 Å². The van der Waals surface area contributed by atoms with Crippen LogP contribution in [-0.4, -0.2) is 106 Å². The minimum Gasteiger partial charge on any atom is -0.392 e. The van der Waals surface area contributed by atoms with E-state index in [4.69, 9.17) is 0 Å². The van der Waals surface area contributed by atoms with E-state index in [1.54, 1.807) is 44.6 Å². The van der Waals surface area contributed by atoms with Crippen molar-refractivity contribution in [2.24, 2.45) is 0 Å². The van der Waals surface area contributed by atoms with Gasteiger partial charge in [0.25, 0.3) is 6.43 Å².